The molecule has 4 nitrogen and oxygen atoms in total. The summed E-state index contributed by atoms with van der Waals surface area (Å²) in [5, 5.41) is 3.63. The fraction of sp³-hybridized carbons (Fsp3) is 0.833. The second-order valence-electron chi connectivity index (χ2n) is 7.40. The fourth-order valence-corrected chi connectivity index (χ4v) is 4.90. The first kappa shape index (κ1) is 14.9. The quantitative estimate of drug-likeness (QED) is 0.813. The van der Waals surface area contributed by atoms with E-state index in [1.807, 2.05) is 0 Å². The first-order valence-corrected chi connectivity index (χ1v) is 8.90. The fourth-order valence-electron chi connectivity index (χ4n) is 4.90. The summed E-state index contributed by atoms with van der Waals surface area (Å²) >= 11 is 0. The molecule has 7 unspecified atom stereocenters. The summed E-state index contributed by atoms with van der Waals surface area (Å²) in [6.45, 7) is 3.04. The molecule has 0 aromatic heterocycles. The lowest BCUT2D eigenvalue weighted by Crippen LogP contribution is -2.36. The molecule has 0 aromatic rings. The van der Waals surface area contributed by atoms with Crippen molar-refractivity contribution >= 4 is 6.21 Å². The summed E-state index contributed by atoms with van der Waals surface area (Å²) in [5.74, 6) is 3.47. The average molecular weight is 304 g/mol. The molecule has 122 valence electrons. The van der Waals surface area contributed by atoms with Gasteiger partial charge in [-0.15, -0.1) is 0 Å². The van der Waals surface area contributed by atoms with Gasteiger partial charge in [0.1, 0.15) is 6.17 Å². The van der Waals surface area contributed by atoms with E-state index in [1.165, 1.54) is 19.3 Å². The van der Waals surface area contributed by atoms with Crippen LogP contribution >= 0.6 is 0 Å². The molecule has 2 saturated heterocycles. The molecule has 0 bridgehead atoms. The van der Waals surface area contributed by atoms with Crippen LogP contribution in [0.15, 0.2) is 17.1 Å². The van der Waals surface area contributed by atoms with E-state index < -0.39 is 0 Å². The van der Waals surface area contributed by atoms with Crippen molar-refractivity contribution in [3.8, 4) is 0 Å². The highest BCUT2D eigenvalue weighted by Crippen LogP contribution is 2.42. The zero-order valence-corrected chi connectivity index (χ0v) is 13.5. The van der Waals surface area contributed by atoms with Gasteiger partial charge in [0.05, 0.1) is 6.10 Å². The van der Waals surface area contributed by atoms with Crippen LogP contribution in [0.4, 0.5) is 0 Å². The molecule has 4 heteroatoms. The van der Waals surface area contributed by atoms with Crippen LogP contribution in [0.3, 0.4) is 0 Å². The molecule has 1 N–H and O–H groups in total. The minimum Gasteiger partial charge on any atom is -0.381 e. The van der Waals surface area contributed by atoms with Crippen LogP contribution in [0.1, 0.15) is 25.7 Å². The van der Waals surface area contributed by atoms with Crippen LogP contribution < -0.4 is 5.32 Å². The predicted octanol–water partition coefficient (Wildman–Crippen LogP) is 2.26. The van der Waals surface area contributed by atoms with Crippen LogP contribution in [0.25, 0.3) is 0 Å². The lowest BCUT2D eigenvalue weighted by atomic mass is 9.72. The maximum atomic E-state index is 5.63. The van der Waals surface area contributed by atoms with E-state index in [0.717, 1.165) is 38.0 Å². The number of rotatable bonds is 3. The summed E-state index contributed by atoms with van der Waals surface area (Å²) in [6, 6.07) is 0. The van der Waals surface area contributed by atoms with Crippen molar-refractivity contribution < 1.29 is 9.47 Å². The third-order valence-electron chi connectivity index (χ3n) is 6.28. The Labute approximate surface area is 133 Å². The minimum atomic E-state index is 0.320. The Kier molecular flexibility index (Phi) is 4.34. The van der Waals surface area contributed by atoms with Gasteiger partial charge in [-0.25, -0.2) is 0 Å². The van der Waals surface area contributed by atoms with Crippen molar-refractivity contribution in [2.45, 2.75) is 38.0 Å². The molecule has 22 heavy (non-hydrogen) atoms. The highest BCUT2D eigenvalue weighted by Gasteiger charge is 2.44. The van der Waals surface area contributed by atoms with E-state index in [4.69, 9.17) is 14.5 Å². The lowest BCUT2D eigenvalue weighted by molar-refractivity contribution is 0.116. The first-order chi connectivity index (χ1) is 10.8. The number of hydrogen-bond donors (Lipinski definition) is 1. The molecular weight excluding hydrogens is 276 g/mol. The number of ether oxygens (including phenoxy) is 2. The van der Waals surface area contributed by atoms with Gasteiger partial charge < -0.3 is 9.47 Å². The number of allylic oxidation sites excluding steroid dienone is 1. The molecule has 1 aliphatic carbocycles. The van der Waals surface area contributed by atoms with E-state index in [2.05, 4.69) is 23.7 Å². The Morgan fingerprint density at radius 2 is 2.09 bits per heavy atom. The van der Waals surface area contributed by atoms with Gasteiger partial charge in [0.15, 0.2) is 0 Å². The van der Waals surface area contributed by atoms with E-state index in [-0.39, 0.29) is 0 Å². The minimum absolute atomic E-state index is 0.320. The maximum absolute atomic E-state index is 5.63. The molecule has 0 spiro atoms. The summed E-state index contributed by atoms with van der Waals surface area (Å²) in [6.07, 6.45) is 12.5. The van der Waals surface area contributed by atoms with Crippen molar-refractivity contribution in [3.63, 3.8) is 0 Å². The van der Waals surface area contributed by atoms with Crippen molar-refractivity contribution in [2.75, 3.05) is 26.9 Å². The Hall–Kier alpha value is -0.710. The zero-order chi connectivity index (χ0) is 14.9. The summed E-state index contributed by atoms with van der Waals surface area (Å²) in [4.78, 5) is 4.87. The molecule has 4 rings (SSSR count). The van der Waals surface area contributed by atoms with Crippen LogP contribution in [0.2, 0.25) is 0 Å². The van der Waals surface area contributed by atoms with Crippen LogP contribution in [-0.2, 0) is 9.47 Å². The van der Waals surface area contributed by atoms with E-state index in [9.17, 15) is 0 Å². The van der Waals surface area contributed by atoms with Gasteiger partial charge >= 0.3 is 0 Å². The van der Waals surface area contributed by atoms with Gasteiger partial charge in [-0.05, 0) is 49.4 Å². The maximum Gasteiger partial charge on any atom is 0.102 e. The first-order valence-electron chi connectivity index (χ1n) is 8.90. The van der Waals surface area contributed by atoms with Crippen molar-refractivity contribution in [3.05, 3.63) is 12.2 Å². The summed E-state index contributed by atoms with van der Waals surface area (Å²) in [7, 11) is 1.81. The highest BCUT2D eigenvalue weighted by atomic mass is 16.5. The van der Waals surface area contributed by atoms with Crippen LogP contribution in [-0.4, -0.2) is 45.4 Å². The number of methoxy groups -OCH3 is 1. The van der Waals surface area contributed by atoms with Crippen LogP contribution in [0, 0.1) is 29.6 Å². The molecule has 2 fully saturated rings. The summed E-state index contributed by atoms with van der Waals surface area (Å²) < 4.78 is 11.1. The predicted molar refractivity (Wildman–Crippen MR) is 87.0 cm³/mol. The third-order valence-corrected chi connectivity index (χ3v) is 6.28. The molecule has 4 aliphatic rings. The molecular formula is C18H28N2O2. The molecule has 0 saturated carbocycles. The van der Waals surface area contributed by atoms with E-state index in [0.29, 0.717) is 30.0 Å². The monoisotopic (exact) mass is 304 g/mol. The number of nitrogens with one attached hydrogen (secondary N) is 1. The Balaban J connectivity index is 1.43. The number of hydrogen-bond acceptors (Lipinski definition) is 4. The molecule has 0 radical (unpaired) electrons. The smallest absolute Gasteiger partial charge is 0.102 e. The second-order valence-corrected chi connectivity index (χ2v) is 7.40. The van der Waals surface area contributed by atoms with Crippen LogP contribution in [0.5, 0.6) is 0 Å². The number of fused-ring (bicyclic) bond motifs is 1. The summed E-state index contributed by atoms with van der Waals surface area (Å²) in [5.41, 5.74) is 0. The number of aliphatic imine (C=N–C) groups is 1. The van der Waals surface area contributed by atoms with E-state index >= 15 is 0 Å². The Morgan fingerprint density at radius 3 is 2.82 bits per heavy atom. The topological polar surface area (TPSA) is 42.8 Å². The van der Waals surface area contributed by atoms with Crippen molar-refractivity contribution in [2.24, 2.45) is 34.6 Å². The highest BCUT2D eigenvalue weighted by molar-refractivity contribution is 5.63. The average Bonchev–Trinajstić information content (AvgIpc) is 3.23. The third kappa shape index (κ3) is 2.77. The van der Waals surface area contributed by atoms with Gasteiger partial charge in [-0.2, -0.15) is 0 Å². The molecule has 3 heterocycles. The van der Waals surface area contributed by atoms with E-state index in [1.54, 1.807) is 7.11 Å². The Bertz CT molecular complexity index is 444. The molecule has 7 atom stereocenters. The number of nitrogens with zero attached hydrogens (tertiary/aromatic N) is 1. The SMILES string of the molecule is COC1C=CC(C2C=NC3NCC(C4CCOC4)C3C2)CC1. The van der Waals surface area contributed by atoms with Gasteiger partial charge in [-0.1, -0.05) is 12.2 Å². The van der Waals surface area contributed by atoms with Gasteiger partial charge in [0.2, 0.25) is 0 Å². The molecule has 0 aromatic carbocycles. The zero-order valence-electron chi connectivity index (χ0n) is 13.5. The normalized spacial score (nSPS) is 47.8. The molecule has 3 aliphatic heterocycles. The lowest BCUT2D eigenvalue weighted by Gasteiger charge is -2.35. The van der Waals surface area contributed by atoms with Crippen molar-refractivity contribution in [1.29, 1.82) is 0 Å². The standard InChI is InChI=1S/C18H28N2O2/c1-21-15-4-2-12(3-5-15)14-8-16-17(13-6-7-22-11-13)10-20-18(16)19-9-14/h2,4,9,12-18,20H,3,5-8,10-11H2,1H3. The largest absolute Gasteiger partial charge is 0.381 e. The van der Waals surface area contributed by atoms with Gasteiger partial charge in [0, 0.05) is 39.0 Å². The Morgan fingerprint density at radius 1 is 1.14 bits per heavy atom. The van der Waals surface area contributed by atoms with Gasteiger partial charge in [0.25, 0.3) is 0 Å². The second kappa shape index (κ2) is 6.42. The van der Waals surface area contributed by atoms with Gasteiger partial charge in [-0.3, -0.25) is 10.3 Å². The van der Waals surface area contributed by atoms with Crippen molar-refractivity contribution in [1.82, 2.24) is 5.32 Å². The molecule has 0 amide bonds.